The molecular formula is C24H19ClN4OS. The van der Waals surface area contributed by atoms with Gasteiger partial charge in [0.15, 0.2) is 5.11 Å². The fourth-order valence-electron chi connectivity index (χ4n) is 4.08. The van der Waals surface area contributed by atoms with E-state index in [4.69, 9.17) is 23.8 Å². The highest BCUT2D eigenvalue weighted by molar-refractivity contribution is 7.80. The topological polar surface area (TPSA) is 53.3 Å². The van der Waals surface area contributed by atoms with Crippen molar-refractivity contribution in [2.24, 2.45) is 0 Å². The molecule has 2 aromatic heterocycles. The Morgan fingerprint density at radius 2 is 1.81 bits per heavy atom. The zero-order chi connectivity index (χ0) is 21.4. The van der Waals surface area contributed by atoms with Crippen LogP contribution in [0, 0.1) is 0 Å². The van der Waals surface area contributed by atoms with E-state index in [0.29, 0.717) is 15.8 Å². The molecule has 7 heteroatoms. The number of hydrogen-bond acceptors (Lipinski definition) is 3. The molecule has 2 aromatic carbocycles. The van der Waals surface area contributed by atoms with Crippen molar-refractivity contribution < 1.29 is 5.11 Å². The summed E-state index contributed by atoms with van der Waals surface area (Å²) in [7, 11) is 0. The fourth-order valence-corrected chi connectivity index (χ4v) is 4.60. The maximum Gasteiger partial charge on any atom is 0.174 e. The number of benzene rings is 2. The van der Waals surface area contributed by atoms with Crippen LogP contribution in [0.1, 0.15) is 23.5 Å². The van der Waals surface area contributed by atoms with Crippen molar-refractivity contribution in [1.82, 2.24) is 14.9 Å². The number of nitrogens with one attached hydrogen (secondary N) is 1. The normalized spacial score (nSPS) is 18.2. The van der Waals surface area contributed by atoms with Gasteiger partial charge in [0.25, 0.3) is 0 Å². The van der Waals surface area contributed by atoms with Gasteiger partial charge in [-0.3, -0.25) is 4.98 Å². The lowest BCUT2D eigenvalue weighted by atomic mass is 10.0. The van der Waals surface area contributed by atoms with Crippen LogP contribution >= 0.6 is 23.8 Å². The van der Waals surface area contributed by atoms with E-state index in [-0.39, 0.29) is 17.8 Å². The van der Waals surface area contributed by atoms with E-state index in [1.807, 2.05) is 71.8 Å². The van der Waals surface area contributed by atoms with Crippen molar-refractivity contribution in [2.45, 2.75) is 12.1 Å². The maximum atomic E-state index is 10.6. The van der Waals surface area contributed by atoms with E-state index in [9.17, 15) is 5.11 Å². The molecule has 4 aromatic rings. The molecule has 31 heavy (non-hydrogen) atoms. The number of aromatic nitrogens is 2. The van der Waals surface area contributed by atoms with Gasteiger partial charge >= 0.3 is 0 Å². The molecule has 5 rings (SSSR count). The van der Waals surface area contributed by atoms with E-state index < -0.39 is 0 Å². The van der Waals surface area contributed by atoms with Crippen molar-refractivity contribution >= 4 is 34.6 Å². The summed E-state index contributed by atoms with van der Waals surface area (Å²) in [4.78, 5) is 6.54. The Balaban J connectivity index is 1.69. The number of thiocarbonyl (C=S) groups is 1. The summed E-state index contributed by atoms with van der Waals surface area (Å²) in [5, 5.41) is 15.2. The summed E-state index contributed by atoms with van der Waals surface area (Å²) < 4.78 is 2.09. The standard InChI is InChI=1S/C24H19ClN4OS/c25-16-7-5-8-17(15-16)28-14-6-11-20(28)23-22(18-9-3-4-13-26-18)27-24(31)29(23)19-10-1-2-12-21(19)30/h1-15,22-23,30H,(H,27,31)/t22-,23+/m0/s1. The number of halogens is 1. The molecule has 0 saturated carbocycles. The molecule has 0 spiro atoms. The Labute approximate surface area is 190 Å². The largest absolute Gasteiger partial charge is 0.506 e. The van der Waals surface area contributed by atoms with Gasteiger partial charge in [0, 0.05) is 28.8 Å². The van der Waals surface area contributed by atoms with Crippen LogP contribution in [0.3, 0.4) is 0 Å². The van der Waals surface area contributed by atoms with Gasteiger partial charge < -0.3 is 19.9 Å². The highest BCUT2D eigenvalue weighted by Crippen LogP contribution is 2.44. The Hall–Kier alpha value is -3.35. The monoisotopic (exact) mass is 446 g/mol. The Morgan fingerprint density at radius 1 is 0.968 bits per heavy atom. The SMILES string of the molecule is Oc1ccccc1N1C(=S)N[C@@H](c2ccccn2)[C@H]1c1cccn1-c1cccc(Cl)c1. The van der Waals surface area contributed by atoms with Gasteiger partial charge in [-0.1, -0.05) is 35.9 Å². The van der Waals surface area contributed by atoms with Crippen LogP contribution in [0.2, 0.25) is 5.02 Å². The Bertz CT molecular complexity index is 1240. The Kier molecular flexibility index (Phi) is 5.10. The van der Waals surface area contributed by atoms with E-state index in [0.717, 1.165) is 17.1 Å². The first-order valence-corrected chi connectivity index (χ1v) is 10.6. The first-order chi connectivity index (χ1) is 15.1. The summed E-state index contributed by atoms with van der Waals surface area (Å²) in [6.45, 7) is 0. The van der Waals surface area contributed by atoms with Gasteiger partial charge in [0.1, 0.15) is 11.8 Å². The number of phenols is 1. The van der Waals surface area contributed by atoms with E-state index in [2.05, 4.69) is 20.9 Å². The second-order valence-electron chi connectivity index (χ2n) is 7.27. The van der Waals surface area contributed by atoms with Crippen molar-refractivity contribution in [3.8, 4) is 11.4 Å². The lowest BCUT2D eigenvalue weighted by Crippen LogP contribution is -2.30. The molecule has 0 aliphatic carbocycles. The number of nitrogens with zero attached hydrogens (tertiary/aromatic N) is 3. The van der Waals surface area contributed by atoms with Crippen molar-refractivity contribution in [2.75, 3.05) is 4.90 Å². The van der Waals surface area contributed by atoms with Gasteiger partial charge in [-0.2, -0.15) is 0 Å². The first-order valence-electron chi connectivity index (χ1n) is 9.85. The second-order valence-corrected chi connectivity index (χ2v) is 8.09. The van der Waals surface area contributed by atoms with Crippen LogP contribution in [0.4, 0.5) is 5.69 Å². The lowest BCUT2D eigenvalue weighted by molar-refractivity contribution is 0.472. The molecule has 0 amide bonds. The Morgan fingerprint density at radius 3 is 2.58 bits per heavy atom. The van der Waals surface area contributed by atoms with Crippen LogP contribution in [0.5, 0.6) is 5.75 Å². The molecular weight excluding hydrogens is 428 g/mol. The van der Waals surface area contributed by atoms with Crippen LogP contribution in [0.25, 0.3) is 5.69 Å². The van der Waals surface area contributed by atoms with E-state index in [1.165, 1.54) is 0 Å². The van der Waals surface area contributed by atoms with E-state index >= 15 is 0 Å². The molecule has 1 saturated heterocycles. The summed E-state index contributed by atoms with van der Waals surface area (Å²) in [5.74, 6) is 0.166. The van der Waals surface area contributed by atoms with Gasteiger partial charge in [-0.05, 0) is 66.8 Å². The average Bonchev–Trinajstić information content (AvgIpc) is 3.39. The van der Waals surface area contributed by atoms with Crippen molar-refractivity contribution in [1.29, 1.82) is 0 Å². The molecule has 0 unspecified atom stereocenters. The fraction of sp³-hybridized carbons (Fsp3) is 0.0833. The molecule has 1 fully saturated rings. The van der Waals surface area contributed by atoms with Crippen LogP contribution in [-0.2, 0) is 0 Å². The van der Waals surface area contributed by atoms with E-state index in [1.54, 1.807) is 18.3 Å². The lowest BCUT2D eigenvalue weighted by Gasteiger charge is -2.29. The second kappa shape index (κ2) is 8.06. The summed E-state index contributed by atoms with van der Waals surface area (Å²) in [5.41, 5.74) is 3.45. The minimum absolute atomic E-state index is 0.166. The third-order valence-electron chi connectivity index (χ3n) is 5.41. The zero-order valence-electron chi connectivity index (χ0n) is 16.4. The molecule has 1 aliphatic rings. The summed E-state index contributed by atoms with van der Waals surface area (Å²) in [6, 6.07) is 24.4. The highest BCUT2D eigenvalue weighted by atomic mass is 35.5. The number of rotatable bonds is 4. The quantitative estimate of drug-likeness (QED) is 0.410. The van der Waals surface area contributed by atoms with Crippen LogP contribution in [0.15, 0.2) is 91.3 Å². The van der Waals surface area contributed by atoms with Crippen molar-refractivity contribution in [3.05, 3.63) is 108 Å². The number of aromatic hydroxyl groups is 1. The van der Waals surface area contributed by atoms with Gasteiger partial charge in [0.2, 0.25) is 0 Å². The highest BCUT2D eigenvalue weighted by Gasteiger charge is 2.42. The molecule has 0 radical (unpaired) electrons. The number of anilines is 1. The number of phenolic OH excluding ortho intramolecular Hbond substituents is 1. The third-order valence-corrected chi connectivity index (χ3v) is 5.96. The maximum absolute atomic E-state index is 10.6. The van der Waals surface area contributed by atoms with Crippen molar-refractivity contribution in [3.63, 3.8) is 0 Å². The van der Waals surface area contributed by atoms with Gasteiger partial charge in [-0.15, -0.1) is 0 Å². The number of pyridine rings is 1. The van der Waals surface area contributed by atoms with Gasteiger partial charge in [-0.25, -0.2) is 0 Å². The summed E-state index contributed by atoms with van der Waals surface area (Å²) in [6.07, 6.45) is 3.77. The number of para-hydroxylation sites is 2. The van der Waals surface area contributed by atoms with Gasteiger partial charge in [0.05, 0.1) is 17.4 Å². The molecule has 3 heterocycles. The predicted molar refractivity (Wildman–Crippen MR) is 127 cm³/mol. The molecule has 154 valence electrons. The minimum Gasteiger partial charge on any atom is -0.506 e. The average molecular weight is 447 g/mol. The van der Waals surface area contributed by atoms with Crippen LogP contribution < -0.4 is 10.2 Å². The molecule has 1 aliphatic heterocycles. The first kappa shape index (κ1) is 19.6. The zero-order valence-corrected chi connectivity index (χ0v) is 18.0. The minimum atomic E-state index is -0.246. The molecule has 2 N–H and O–H groups in total. The number of hydrogen-bond donors (Lipinski definition) is 2. The molecule has 5 nitrogen and oxygen atoms in total. The third kappa shape index (κ3) is 3.54. The smallest absolute Gasteiger partial charge is 0.174 e. The summed E-state index contributed by atoms with van der Waals surface area (Å²) >= 11 is 12.0. The molecule has 0 bridgehead atoms. The van der Waals surface area contributed by atoms with Crippen LogP contribution in [-0.4, -0.2) is 19.8 Å². The predicted octanol–water partition coefficient (Wildman–Crippen LogP) is 5.41. The molecule has 2 atom stereocenters.